The zero-order valence-electron chi connectivity index (χ0n) is 15.1. The molecule has 3 heterocycles. The molecule has 0 aliphatic carbocycles. The Morgan fingerprint density at radius 2 is 1.78 bits per heavy atom. The van der Waals surface area contributed by atoms with Gasteiger partial charge in [0.25, 0.3) is 0 Å². The van der Waals surface area contributed by atoms with Gasteiger partial charge in [-0.2, -0.15) is 5.10 Å². The first kappa shape index (κ1) is 18.9. The Morgan fingerprint density at radius 3 is 2.44 bits per heavy atom. The van der Waals surface area contributed by atoms with Gasteiger partial charge in [-0.25, -0.2) is 22.4 Å². The molecule has 0 bridgehead atoms. The molecular formula is C18H20Cl2N4O2S. The molecule has 0 amide bonds. The van der Waals surface area contributed by atoms with Gasteiger partial charge in [-0.15, -0.1) is 0 Å². The molecule has 9 heteroatoms. The van der Waals surface area contributed by atoms with Crippen LogP contribution in [0.1, 0.15) is 37.1 Å². The van der Waals surface area contributed by atoms with Crippen molar-refractivity contribution in [3.05, 3.63) is 45.6 Å². The average Bonchev–Trinajstić information content (AvgIpc) is 3.25. The van der Waals surface area contributed by atoms with Crippen LogP contribution in [0.4, 0.5) is 5.82 Å². The molecule has 1 saturated heterocycles. The number of fused-ring (bicyclic) bond motifs is 1. The summed E-state index contributed by atoms with van der Waals surface area (Å²) in [5, 5.41) is 4.52. The van der Waals surface area contributed by atoms with Crippen LogP contribution < -0.4 is 0 Å². The second-order valence-corrected chi connectivity index (χ2v) is 9.90. The predicted molar refractivity (Wildman–Crippen MR) is 108 cm³/mol. The van der Waals surface area contributed by atoms with Gasteiger partial charge in [0.15, 0.2) is 5.82 Å². The number of sulfonamides is 1. The number of aromatic nitrogens is 2. The maximum atomic E-state index is 13.5. The number of aliphatic imine (C=N–C) groups is 1. The van der Waals surface area contributed by atoms with E-state index in [1.54, 1.807) is 28.0 Å². The van der Waals surface area contributed by atoms with E-state index in [2.05, 4.69) is 10.1 Å². The van der Waals surface area contributed by atoms with Gasteiger partial charge in [0.05, 0.1) is 15.7 Å². The number of halogens is 2. The van der Waals surface area contributed by atoms with E-state index in [4.69, 9.17) is 23.2 Å². The molecule has 0 N–H and O–H groups in total. The van der Waals surface area contributed by atoms with Crippen molar-refractivity contribution in [3.8, 4) is 0 Å². The Labute approximate surface area is 168 Å². The summed E-state index contributed by atoms with van der Waals surface area (Å²) >= 11 is 12.3. The highest BCUT2D eigenvalue weighted by Gasteiger charge is 2.45. The third-order valence-corrected chi connectivity index (χ3v) is 8.19. The molecule has 0 saturated carbocycles. The molecule has 2 unspecified atom stereocenters. The van der Waals surface area contributed by atoms with Crippen molar-refractivity contribution in [2.24, 2.45) is 4.99 Å². The summed E-state index contributed by atoms with van der Waals surface area (Å²) in [4.78, 5) is 4.55. The van der Waals surface area contributed by atoms with Crippen LogP contribution in [0.25, 0.3) is 0 Å². The third kappa shape index (κ3) is 3.20. The summed E-state index contributed by atoms with van der Waals surface area (Å²) < 4.78 is 30.3. The monoisotopic (exact) mass is 426 g/mol. The van der Waals surface area contributed by atoms with E-state index in [1.165, 1.54) is 0 Å². The molecule has 2 aromatic rings. The van der Waals surface area contributed by atoms with Crippen molar-refractivity contribution in [1.29, 1.82) is 0 Å². The minimum absolute atomic E-state index is 0.386. The topological polar surface area (TPSA) is 67.6 Å². The van der Waals surface area contributed by atoms with Crippen molar-refractivity contribution < 1.29 is 8.42 Å². The number of hydrogen-bond acceptors (Lipinski definition) is 4. The number of nitrogens with zero attached hydrogens (tertiary/aromatic N) is 4. The van der Waals surface area contributed by atoms with E-state index in [0.29, 0.717) is 34.7 Å². The van der Waals surface area contributed by atoms with Crippen LogP contribution in [-0.4, -0.2) is 46.6 Å². The van der Waals surface area contributed by atoms with Gasteiger partial charge < -0.3 is 0 Å². The molecule has 6 nitrogen and oxygen atoms in total. The third-order valence-electron chi connectivity index (χ3n) is 5.12. The van der Waals surface area contributed by atoms with E-state index < -0.39 is 21.3 Å². The Balaban J connectivity index is 1.91. The van der Waals surface area contributed by atoms with Crippen molar-refractivity contribution in [2.45, 2.75) is 38.0 Å². The maximum Gasteiger partial charge on any atom is 0.224 e. The SMILES string of the molecule is CC1=Nc2cc(C)nn2C(c2ccc(Cl)c(Cl)c2)C1S(=O)(=O)N1CCCC1. The zero-order valence-corrected chi connectivity index (χ0v) is 17.4. The first-order valence-electron chi connectivity index (χ1n) is 8.84. The van der Waals surface area contributed by atoms with Gasteiger partial charge >= 0.3 is 0 Å². The Kier molecular flexibility index (Phi) is 4.83. The molecule has 4 rings (SSSR count). The second kappa shape index (κ2) is 6.88. The number of rotatable bonds is 3. The van der Waals surface area contributed by atoms with Crippen LogP contribution in [0.2, 0.25) is 10.0 Å². The van der Waals surface area contributed by atoms with E-state index in [1.807, 2.05) is 19.1 Å². The molecule has 1 aromatic carbocycles. The summed E-state index contributed by atoms with van der Waals surface area (Å²) in [7, 11) is -3.60. The van der Waals surface area contributed by atoms with Gasteiger partial charge in [0.2, 0.25) is 10.0 Å². The Morgan fingerprint density at radius 1 is 1.07 bits per heavy atom. The molecule has 1 aromatic heterocycles. The predicted octanol–water partition coefficient (Wildman–Crippen LogP) is 3.99. The van der Waals surface area contributed by atoms with Crippen LogP contribution >= 0.6 is 23.2 Å². The summed E-state index contributed by atoms with van der Waals surface area (Å²) in [5.74, 6) is 0.647. The van der Waals surface area contributed by atoms with E-state index in [0.717, 1.165) is 24.1 Å². The summed E-state index contributed by atoms with van der Waals surface area (Å²) in [6.45, 7) is 4.73. The molecule has 2 atom stereocenters. The lowest BCUT2D eigenvalue weighted by atomic mass is 9.99. The maximum absolute atomic E-state index is 13.5. The number of benzene rings is 1. The van der Waals surface area contributed by atoms with Crippen molar-refractivity contribution >= 4 is 44.8 Å². The first-order valence-corrected chi connectivity index (χ1v) is 11.1. The summed E-state index contributed by atoms with van der Waals surface area (Å²) in [6.07, 6.45) is 1.76. The van der Waals surface area contributed by atoms with Crippen LogP contribution in [0.5, 0.6) is 0 Å². The van der Waals surface area contributed by atoms with E-state index in [-0.39, 0.29) is 0 Å². The Bertz CT molecular complexity index is 1030. The summed E-state index contributed by atoms with van der Waals surface area (Å²) in [6, 6.07) is 6.53. The van der Waals surface area contributed by atoms with E-state index in [9.17, 15) is 8.42 Å². The fraction of sp³-hybridized carbons (Fsp3) is 0.444. The molecule has 0 spiro atoms. The van der Waals surface area contributed by atoms with Crippen molar-refractivity contribution in [3.63, 3.8) is 0 Å². The van der Waals surface area contributed by atoms with E-state index >= 15 is 0 Å². The average molecular weight is 427 g/mol. The second-order valence-electron chi connectivity index (χ2n) is 7.03. The highest BCUT2D eigenvalue weighted by molar-refractivity contribution is 7.90. The minimum Gasteiger partial charge on any atom is -0.238 e. The standard InChI is InChI=1S/C18H20Cl2N4O2S/c1-11-9-16-21-12(2)18(27(25,26)23-7-3-4-8-23)17(24(16)22-11)13-5-6-14(19)15(20)10-13/h5-6,9-10,17-18H,3-4,7-8H2,1-2H3. The van der Waals surface area contributed by atoms with Gasteiger partial charge in [-0.05, 0) is 44.4 Å². The highest BCUT2D eigenvalue weighted by Crippen LogP contribution is 2.39. The van der Waals surface area contributed by atoms with Gasteiger partial charge in [-0.1, -0.05) is 29.3 Å². The lowest BCUT2D eigenvalue weighted by Crippen LogP contribution is -2.47. The minimum atomic E-state index is -3.60. The van der Waals surface area contributed by atoms with Crippen LogP contribution in [0, 0.1) is 6.92 Å². The van der Waals surface area contributed by atoms with Crippen molar-refractivity contribution in [1.82, 2.24) is 14.1 Å². The normalized spacial score (nSPS) is 23.3. The number of hydrogen-bond donors (Lipinski definition) is 0. The molecule has 0 radical (unpaired) electrons. The van der Waals surface area contributed by atoms with Crippen molar-refractivity contribution in [2.75, 3.05) is 13.1 Å². The zero-order chi connectivity index (χ0) is 19.3. The summed E-state index contributed by atoms with van der Waals surface area (Å²) in [5.41, 5.74) is 2.09. The van der Waals surface area contributed by atoms with Gasteiger partial charge in [0.1, 0.15) is 11.3 Å². The number of aryl methyl sites for hydroxylation is 1. The molecular weight excluding hydrogens is 407 g/mol. The van der Waals surface area contributed by atoms with Crippen LogP contribution in [0.3, 0.4) is 0 Å². The highest BCUT2D eigenvalue weighted by atomic mass is 35.5. The van der Waals surface area contributed by atoms with Crippen LogP contribution in [-0.2, 0) is 10.0 Å². The quantitative estimate of drug-likeness (QED) is 0.744. The first-order chi connectivity index (χ1) is 12.8. The Hall–Kier alpha value is -1.41. The van der Waals surface area contributed by atoms with Gasteiger partial charge in [0, 0.05) is 24.9 Å². The fourth-order valence-electron chi connectivity index (χ4n) is 3.89. The fourth-order valence-corrected chi connectivity index (χ4v) is 6.36. The lowest BCUT2D eigenvalue weighted by Gasteiger charge is -2.34. The molecule has 2 aliphatic rings. The molecule has 144 valence electrons. The molecule has 2 aliphatic heterocycles. The van der Waals surface area contributed by atoms with Gasteiger partial charge in [-0.3, -0.25) is 0 Å². The molecule has 1 fully saturated rings. The smallest absolute Gasteiger partial charge is 0.224 e. The molecule has 27 heavy (non-hydrogen) atoms. The lowest BCUT2D eigenvalue weighted by molar-refractivity contribution is 0.446. The van der Waals surface area contributed by atoms with Crippen LogP contribution in [0.15, 0.2) is 29.3 Å². The largest absolute Gasteiger partial charge is 0.238 e.